The molecule has 2 rings (SSSR count). The van der Waals surface area contributed by atoms with Crippen LogP contribution in [0.5, 0.6) is 0 Å². The van der Waals surface area contributed by atoms with E-state index >= 15 is 0 Å². The van der Waals surface area contributed by atoms with E-state index in [9.17, 15) is 0 Å². The topological polar surface area (TPSA) is 17.8 Å². The molecule has 1 fully saturated rings. The molecule has 1 aromatic heterocycles. The average Bonchev–Trinajstić information content (AvgIpc) is 2.98. The third-order valence-electron chi connectivity index (χ3n) is 3.24. The van der Waals surface area contributed by atoms with E-state index < -0.39 is 0 Å². The molecule has 3 heteroatoms. The van der Waals surface area contributed by atoms with Crippen LogP contribution in [0.4, 0.5) is 0 Å². The third-order valence-corrected chi connectivity index (χ3v) is 3.81. The van der Waals surface area contributed by atoms with Gasteiger partial charge in [0.05, 0.1) is 5.69 Å². The van der Waals surface area contributed by atoms with E-state index in [1.165, 1.54) is 25.0 Å². The van der Waals surface area contributed by atoms with Crippen molar-refractivity contribution in [3.05, 3.63) is 18.0 Å². The second-order valence-electron chi connectivity index (χ2n) is 5.13. The molecule has 1 atom stereocenters. The molecule has 16 heavy (non-hydrogen) atoms. The highest BCUT2D eigenvalue weighted by molar-refractivity contribution is 6.20. The van der Waals surface area contributed by atoms with Crippen LogP contribution in [0.1, 0.15) is 51.3 Å². The molecule has 0 radical (unpaired) electrons. The van der Waals surface area contributed by atoms with E-state index in [1.807, 2.05) is 4.68 Å². The van der Waals surface area contributed by atoms with E-state index in [0.717, 1.165) is 18.8 Å². The van der Waals surface area contributed by atoms with Gasteiger partial charge < -0.3 is 0 Å². The average molecular weight is 241 g/mol. The highest BCUT2D eigenvalue weighted by Crippen LogP contribution is 2.37. The minimum absolute atomic E-state index is 0.409. The number of halogens is 1. The van der Waals surface area contributed by atoms with E-state index in [4.69, 9.17) is 11.6 Å². The Morgan fingerprint density at radius 1 is 1.50 bits per heavy atom. The molecule has 90 valence electrons. The van der Waals surface area contributed by atoms with E-state index in [1.54, 1.807) is 0 Å². The predicted octanol–water partition coefficient (Wildman–Crippen LogP) is 3.80. The van der Waals surface area contributed by atoms with Crippen LogP contribution in [0.3, 0.4) is 0 Å². The number of nitrogens with zero attached hydrogens (tertiary/aromatic N) is 2. The Morgan fingerprint density at radius 3 is 2.81 bits per heavy atom. The fourth-order valence-corrected chi connectivity index (χ4v) is 2.38. The first-order valence-electron chi connectivity index (χ1n) is 6.35. The molecule has 1 aromatic rings. The van der Waals surface area contributed by atoms with Gasteiger partial charge in [0, 0.05) is 17.6 Å². The second kappa shape index (κ2) is 5.22. The van der Waals surface area contributed by atoms with Crippen molar-refractivity contribution in [1.82, 2.24) is 9.78 Å². The van der Waals surface area contributed by atoms with Crippen LogP contribution in [0, 0.1) is 5.92 Å². The maximum atomic E-state index is 6.27. The molecule has 0 bridgehead atoms. The molecule has 0 N–H and O–H groups in total. The molecule has 0 aliphatic heterocycles. The Morgan fingerprint density at radius 2 is 2.25 bits per heavy atom. The van der Waals surface area contributed by atoms with Crippen LogP contribution in [0.15, 0.2) is 12.3 Å². The highest BCUT2D eigenvalue weighted by Gasteiger charge is 2.28. The van der Waals surface area contributed by atoms with Crippen LogP contribution in [0.25, 0.3) is 0 Å². The molecule has 1 saturated carbocycles. The maximum Gasteiger partial charge on any atom is 0.0624 e. The molecule has 1 aliphatic rings. The number of alkyl halides is 1. The lowest BCUT2D eigenvalue weighted by atomic mass is 10.1. The van der Waals surface area contributed by atoms with Crippen LogP contribution < -0.4 is 0 Å². The monoisotopic (exact) mass is 240 g/mol. The van der Waals surface area contributed by atoms with Crippen molar-refractivity contribution in [3.8, 4) is 0 Å². The summed E-state index contributed by atoms with van der Waals surface area (Å²) in [6.45, 7) is 4.30. The highest BCUT2D eigenvalue weighted by atomic mass is 35.5. The van der Waals surface area contributed by atoms with E-state index in [-0.39, 0.29) is 0 Å². The first-order valence-corrected chi connectivity index (χ1v) is 6.78. The molecule has 0 spiro atoms. The maximum absolute atomic E-state index is 6.27. The van der Waals surface area contributed by atoms with Gasteiger partial charge in [-0.05, 0) is 57.9 Å². The zero-order valence-corrected chi connectivity index (χ0v) is 11.0. The molecule has 0 aromatic carbocycles. The molecule has 1 unspecified atom stereocenters. The van der Waals surface area contributed by atoms with Crippen LogP contribution in [-0.2, 0) is 6.42 Å². The quantitative estimate of drug-likeness (QED) is 0.692. The summed E-state index contributed by atoms with van der Waals surface area (Å²) < 4.78 is 2.02. The van der Waals surface area contributed by atoms with Crippen molar-refractivity contribution in [2.24, 2.45) is 5.92 Å². The summed E-state index contributed by atoms with van der Waals surface area (Å²) in [7, 11) is 0. The van der Waals surface area contributed by atoms with Crippen molar-refractivity contribution in [2.45, 2.75) is 57.4 Å². The zero-order valence-electron chi connectivity index (χ0n) is 10.2. The van der Waals surface area contributed by atoms with Gasteiger partial charge in [-0.3, -0.25) is 4.68 Å². The number of hydrogen-bond donors (Lipinski definition) is 0. The van der Waals surface area contributed by atoms with E-state index in [2.05, 4.69) is 31.2 Å². The van der Waals surface area contributed by atoms with Crippen molar-refractivity contribution >= 4 is 11.6 Å². The summed E-state index contributed by atoms with van der Waals surface area (Å²) in [4.78, 5) is 0. The van der Waals surface area contributed by atoms with Gasteiger partial charge in [-0.2, -0.15) is 5.10 Å². The summed E-state index contributed by atoms with van der Waals surface area (Å²) in [5, 5.41) is 4.95. The SMILES string of the molecule is CC(C)n1ccc(CCCC(Cl)C2CC2)n1. The minimum Gasteiger partial charge on any atom is -0.270 e. The first-order chi connectivity index (χ1) is 7.66. The number of aromatic nitrogens is 2. The van der Waals surface area contributed by atoms with Crippen LogP contribution in [-0.4, -0.2) is 15.2 Å². The summed E-state index contributed by atoms with van der Waals surface area (Å²) in [5.74, 6) is 0.815. The number of hydrogen-bond acceptors (Lipinski definition) is 1. The fraction of sp³-hybridized carbons (Fsp3) is 0.769. The van der Waals surface area contributed by atoms with Crippen LogP contribution in [0.2, 0.25) is 0 Å². The van der Waals surface area contributed by atoms with Gasteiger partial charge in [0.25, 0.3) is 0 Å². The molecular formula is C13H21ClN2. The van der Waals surface area contributed by atoms with Crippen molar-refractivity contribution < 1.29 is 0 Å². The van der Waals surface area contributed by atoms with Crippen molar-refractivity contribution in [1.29, 1.82) is 0 Å². The number of rotatable bonds is 6. The van der Waals surface area contributed by atoms with Gasteiger partial charge in [0.2, 0.25) is 0 Å². The summed E-state index contributed by atoms with van der Waals surface area (Å²) in [5.41, 5.74) is 1.20. The summed E-state index contributed by atoms with van der Waals surface area (Å²) in [6.07, 6.45) is 8.13. The predicted molar refractivity (Wildman–Crippen MR) is 67.9 cm³/mol. The largest absolute Gasteiger partial charge is 0.270 e. The lowest BCUT2D eigenvalue weighted by molar-refractivity contribution is 0.523. The second-order valence-corrected chi connectivity index (χ2v) is 5.69. The lowest BCUT2D eigenvalue weighted by Gasteiger charge is -2.06. The first kappa shape index (κ1) is 12.0. The number of aryl methyl sites for hydroxylation is 1. The van der Waals surface area contributed by atoms with Crippen molar-refractivity contribution in [2.75, 3.05) is 0 Å². The zero-order chi connectivity index (χ0) is 11.5. The normalized spacial score (nSPS) is 18.0. The van der Waals surface area contributed by atoms with Gasteiger partial charge in [0.1, 0.15) is 0 Å². The molecule has 0 saturated heterocycles. The van der Waals surface area contributed by atoms with Crippen LogP contribution >= 0.6 is 11.6 Å². The van der Waals surface area contributed by atoms with E-state index in [0.29, 0.717) is 11.4 Å². The Kier molecular flexibility index (Phi) is 3.91. The Balaban J connectivity index is 1.71. The smallest absolute Gasteiger partial charge is 0.0624 e. The summed E-state index contributed by atoms with van der Waals surface area (Å²) in [6, 6.07) is 2.58. The van der Waals surface area contributed by atoms with Gasteiger partial charge in [0.15, 0.2) is 0 Å². The molecule has 1 heterocycles. The van der Waals surface area contributed by atoms with Gasteiger partial charge in [-0.1, -0.05) is 0 Å². The minimum atomic E-state index is 0.409. The standard InChI is InChI=1S/C13H21ClN2/c1-10(2)16-9-8-12(15-16)4-3-5-13(14)11-6-7-11/h8-11,13H,3-7H2,1-2H3. The Bertz CT molecular complexity index is 328. The molecule has 0 amide bonds. The Hall–Kier alpha value is -0.500. The van der Waals surface area contributed by atoms with Gasteiger partial charge in [-0.15, -0.1) is 11.6 Å². The van der Waals surface area contributed by atoms with Gasteiger partial charge >= 0.3 is 0 Å². The summed E-state index contributed by atoms with van der Waals surface area (Å²) >= 11 is 6.27. The fourth-order valence-electron chi connectivity index (χ4n) is 1.97. The third kappa shape index (κ3) is 3.24. The molecule has 2 nitrogen and oxygen atoms in total. The molecule has 1 aliphatic carbocycles. The Labute approximate surface area is 103 Å². The molecular weight excluding hydrogens is 220 g/mol. The van der Waals surface area contributed by atoms with Gasteiger partial charge in [-0.25, -0.2) is 0 Å². The van der Waals surface area contributed by atoms with Crippen molar-refractivity contribution in [3.63, 3.8) is 0 Å². The lowest BCUT2D eigenvalue weighted by Crippen LogP contribution is -2.03.